The smallest absolute Gasteiger partial charge is 0.146 e. The first kappa shape index (κ1) is 15.1. The summed E-state index contributed by atoms with van der Waals surface area (Å²) in [5.74, 6) is 2.26. The van der Waals surface area contributed by atoms with E-state index < -0.39 is 0 Å². The van der Waals surface area contributed by atoms with Gasteiger partial charge in [0, 0.05) is 40.7 Å². The number of imidazole rings is 1. The van der Waals surface area contributed by atoms with Crippen molar-refractivity contribution < 1.29 is 0 Å². The van der Waals surface area contributed by atoms with Crippen LogP contribution >= 0.6 is 0 Å². The number of allylic oxidation sites excluding steroid dienone is 5. The molecule has 4 rings (SSSR count). The molecule has 1 saturated carbocycles. The minimum absolute atomic E-state index is 0.635. The van der Waals surface area contributed by atoms with Gasteiger partial charge in [-0.25, -0.2) is 4.98 Å². The van der Waals surface area contributed by atoms with E-state index in [1.807, 2.05) is 44.3 Å². The molecule has 2 aliphatic rings. The highest BCUT2D eigenvalue weighted by Gasteiger charge is 2.42. The van der Waals surface area contributed by atoms with E-state index in [1.54, 1.807) is 0 Å². The van der Waals surface area contributed by atoms with Crippen LogP contribution < -0.4 is 0 Å². The first-order chi connectivity index (χ1) is 11.7. The molecule has 0 radical (unpaired) electrons. The molecule has 2 unspecified atom stereocenters. The molecule has 0 aliphatic heterocycles. The van der Waals surface area contributed by atoms with Gasteiger partial charge in [0.25, 0.3) is 0 Å². The van der Waals surface area contributed by atoms with Crippen LogP contribution in [0.15, 0.2) is 49.2 Å². The van der Waals surface area contributed by atoms with Gasteiger partial charge in [0.1, 0.15) is 5.82 Å². The van der Waals surface area contributed by atoms with E-state index in [4.69, 9.17) is 4.98 Å². The Bertz CT molecular complexity index is 837. The number of hydrogen-bond acceptors (Lipinski definition) is 2. The quantitative estimate of drug-likeness (QED) is 0.724. The van der Waals surface area contributed by atoms with Crippen molar-refractivity contribution in [1.82, 2.24) is 14.5 Å². The molecule has 2 atom stereocenters. The molecule has 2 aliphatic carbocycles. The number of aryl methyl sites for hydroxylation is 1. The molecule has 24 heavy (non-hydrogen) atoms. The second-order valence-corrected chi connectivity index (χ2v) is 6.81. The lowest BCUT2D eigenvalue weighted by molar-refractivity contribution is 0.687. The standard InChI is InChI=1S/C21H23N3/c1-4-5-6-7-15(3)24-20-17-11-10-16(12-17)19(20)23-21(24)18-9-8-14(2)22-13-18/h4-9,13,16-17H,3,10-12H2,1-2H3/b5-4-,7-6-. The molecule has 3 nitrogen and oxygen atoms in total. The van der Waals surface area contributed by atoms with E-state index >= 15 is 0 Å². The van der Waals surface area contributed by atoms with Crippen LogP contribution in [0.5, 0.6) is 0 Å². The van der Waals surface area contributed by atoms with Crippen molar-refractivity contribution in [2.24, 2.45) is 0 Å². The summed E-state index contributed by atoms with van der Waals surface area (Å²) in [5.41, 5.74) is 5.75. The van der Waals surface area contributed by atoms with E-state index in [9.17, 15) is 0 Å². The molecule has 122 valence electrons. The Morgan fingerprint density at radius 3 is 2.83 bits per heavy atom. The van der Waals surface area contributed by atoms with E-state index in [1.165, 1.54) is 30.7 Å². The van der Waals surface area contributed by atoms with Crippen LogP contribution in [-0.2, 0) is 0 Å². The molecular formula is C21H23N3. The highest BCUT2D eigenvalue weighted by atomic mass is 15.1. The maximum atomic E-state index is 5.03. The average molecular weight is 317 g/mol. The third-order valence-electron chi connectivity index (χ3n) is 5.20. The SMILES string of the molecule is C=C(/C=C\C=C/C)n1c(-c2ccc(C)nc2)nc2c1C1CCC2C1. The number of pyridine rings is 1. The summed E-state index contributed by atoms with van der Waals surface area (Å²) in [6.45, 7) is 8.34. The molecule has 0 N–H and O–H groups in total. The first-order valence-electron chi connectivity index (χ1n) is 8.73. The monoisotopic (exact) mass is 317 g/mol. The maximum Gasteiger partial charge on any atom is 0.146 e. The summed E-state index contributed by atoms with van der Waals surface area (Å²) in [4.78, 5) is 9.49. The van der Waals surface area contributed by atoms with Gasteiger partial charge < -0.3 is 0 Å². The van der Waals surface area contributed by atoms with Crippen LogP contribution in [-0.4, -0.2) is 14.5 Å². The molecule has 0 aromatic carbocycles. The lowest BCUT2D eigenvalue weighted by Crippen LogP contribution is -2.06. The van der Waals surface area contributed by atoms with Crippen LogP contribution in [0.25, 0.3) is 17.1 Å². The number of fused-ring (bicyclic) bond motifs is 5. The maximum absolute atomic E-state index is 5.03. The molecule has 2 heterocycles. The predicted molar refractivity (Wildman–Crippen MR) is 98.8 cm³/mol. The van der Waals surface area contributed by atoms with E-state index in [-0.39, 0.29) is 0 Å². The second-order valence-electron chi connectivity index (χ2n) is 6.81. The van der Waals surface area contributed by atoms with Gasteiger partial charge in [-0.05, 0) is 51.3 Å². The average Bonchev–Trinajstić information content (AvgIpc) is 3.27. The van der Waals surface area contributed by atoms with Gasteiger partial charge in [-0.15, -0.1) is 0 Å². The summed E-state index contributed by atoms with van der Waals surface area (Å²) in [7, 11) is 0. The Morgan fingerprint density at radius 2 is 2.08 bits per heavy atom. The largest absolute Gasteiger partial charge is 0.297 e. The zero-order valence-corrected chi connectivity index (χ0v) is 14.4. The summed E-state index contributed by atoms with van der Waals surface area (Å²) in [5, 5.41) is 0. The Labute approximate surface area is 143 Å². The predicted octanol–water partition coefficient (Wildman–Crippen LogP) is 5.22. The Morgan fingerprint density at radius 1 is 1.25 bits per heavy atom. The van der Waals surface area contributed by atoms with Crippen molar-refractivity contribution in [2.75, 3.05) is 0 Å². The van der Waals surface area contributed by atoms with Crippen molar-refractivity contribution >= 4 is 5.70 Å². The lowest BCUT2D eigenvalue weighted by Gasteiger charge is -2.16. The molecule has 3 heteroatoms. The van der Waals surface area contributed by atoms with Crippen molar-refractivity contribution in [3.63, 3.8) is 0 Å². The van der Waals surface area contributed by atoms with Gasteiger partial charge in [0.05, 0.1) is 5.69 Å². The van der Waals surface area contributed by atoms with Crippen molar-refractivity contribution in [3.8, 4) is 11.4 Å². The van der Waals surface area contributed by atoms with Crippen molar-refractivity contribution in [3.05, 3.63) is 66.3 Å². The topological polar surface area (TPSA) is 30.7 Å². The molecule has 0 saturated heterocycles. The molecular weight excluding hydrogens is 294 g/mol. The van der Waals surface area contributed by atoms with Crippen LogP contribution in [0.2, 0.25) is 0 Å². The number of aromatic nitrogens is 3. The van der Waals surface area contributed by atoms with Gasteiger partial charge in [0.15, 0.2) is 0 Å². The highest BCUT2D eigenvalue weighted by Crippen LogP contribution is 2.54. The fourth-order valence-electron chi connectivity index (χ4n) is 4.06. The van der Waals surface area contributed by atoms with Crippen LogP contribution in [0, 0.1) is 6.92 Å². The van der Waals surface area contributed by atoms with Crippen molar-refractivity contribution in [1.29, 1.82) is 0 Å². The molecule has 2 bridgehead atoms. The van der Waals surface area contributed by atoms with Gasteiger partial charge in [0.2, 0.25) is 0 Å². The Kier molecular flexibility index (Phi) is 3.72. The fourth-order valence-corrected chi connectivity index (χ4v) is 4.06. The van der Waals surface area contributed by atoms with Gasteiger partial charge >= 0.3 is 0 Å². The van der Waals surface area contributed by atoms with Gasteiger partial charge in [-0.3, -0.25) is 9.55 Å². The minimum atomic E-state index is 0.635. The molecule has 2 aromatic heterocycles. The van der Waals surface area contributed by atoms with E-state index in [2.05, 4.69) is 28.3 Å². The zero-order chi connectivity index (χ0) is 16.7. The highest BCUT2D eigenvalue weighted by molar-refractivity contribution is 5.68. The van der Waals surface area contributed by atoms with Gasteiger partial charge in [-0.2, -0.15) is 0 Å². The summed E-state index contributed by atoms with van der Waals surface area (Å²) in [6, 6.07) is 4.16. The Balaban J connectivity index is 1.85. The molecule has 0 spiro atoms. The summed E-state index contributed by atoms with van der Waals surface area (Å²) in [6.07, 6.45) is 13.9. The van der Waals surface area contributed by atoms with Crippen LogP contribution in [0.3, 0.4) is 0 Å². The Hall–Kier alpha value is -2.42. The number of rotatable bonds is 4. The fraction of sp³-hybridized carbons (Fsp3) is 0.333. The van der Waals surface area contributed by atoms with E-state index in [0.29, 0.717) is 11.8 Å². The molecule has 1 fully saturated rings. The van der Waals surface area contributed by atoms with Crippen LogP contribution in [0.1, 0.15) is 55.1 Å². The lowest BCUT2D eigenvalue weighted by atomic mass is 10.0. The first-order valence-corrected chi connectivity index (χ1v) is 8.73. The second kappa shape index (κ2) is 5.90. The van der Waals surface area contributed by atoms with Crippen LogP contribution in [0.4, 0.5) is 0 Å². The molecule has 2 aromatic rings. The third kappa shape index (κ3) is 2.35. The van der Waals surface area contributed by atoms with Gasteiger partial charge in [-0.1, -0.05) is 24.8 Å². The normalized spacial score (nSPS) is 21.9. The van der Waals surface area contributed by atoms with Crippen molar-refractivity contribution in [2.45, 2.75) is 44.9 Å². The zero-order valence-electron chi connectivity index (χ0n) is 14.4. The van der Waals surface area contributed by atoms with E-state index in [0.717, 1.165) is 22.8 Å². The number of hydrogen-bond donors (Lipinski definition) is 0. The summed E-state index contributed by atoms with van der Waals surface area (Å²) < 4.78 is 2.27. The summed E-state index contributed by atoms with van der Waals surface area (Å²) >= 11 is 0. The third-order valence-corrected chi connectivity index (χ3v) is 5.20. The minimum Gasteiger partial charge on any atom is -0.297 e. The molecule has 0 amide bonds. The number of nitrogens with zero attached hydrogens (tertiary/aromatic N) is 3.